The van der Waals surface area contributed by atoms with E-state index >= 15 is 0 Å². The molecule has 15 heavy (non-hydrogen) atoms. The summed E-state index contributed by atoms with van der Waals surface area (Å²) in [6.45, 7) is 4.52. The van der Waals surface area contributed by atoms with Crippen molar-refractivity contribution in [3.63, 3.8) is 0 Å². The Hall–Kier alpha value is 0.170. The maximum Gasteiger partial charge on any atom is -0.0319 e. The Bertz CT molecular complexity index is 129. The molecule has 0 spiro atoms. The summed E-state index contributed by atoms with van der Waals surface area (Å²) in [4.78, 5) is 0. The number of rotatable bonds is 11. The van der Waals surface area contributed by atoms with Gasteiger partial charge in [-0.2, -0.15) is 0 Å². The first-order valence-electron chi connectivity index (χ1n) is 6.80. The lowest BCUT2D eigenvalue weighted by Crippen LogP contribution is -1.80. The molecule has 0 radical (unpaired) electrons. The van der Waals surface area contributed by atoms with Crippen LogP contribution in [0.4, 0.5) is 0 Å². The fourth-order valence-electron chi connectivity index (χ4n) is 1.60. The van der Waals surface area contributed by atoms with E-state index in [0.29, 0.717) is 0 Å². The largest absolute Gasteiger partial charge is 0.0987 e. The summed E-state index contributed by atoms with van der Waals surface area (Å²) in [7, 11) is 1.07. The Morgan fingerprint density at radius 3 is 2.13 bits per heavy atom. The van der Waals surface area contributed by atoms with Gasteiger partial charge in [-0.3, -0.25) is 0 Å². The van der Waals surface area contributed by atoms with Crippen molar-refractivity contribution in [2.75, 3.05) is 6.16 Å². The lowest BCUT2D eigenvalue weighted by atomic mass is 10.1. The van der Waals surface area contributed by atoms with E-state index in [2.05, 4.69) is 25.7 Å². The molecule has 0 amide bonds. The molecule has 0 fully saturated rings. The average Bonchev–Trinajstić information content (AvgIpc) is 2.26. The van der Waals surface area contributed by atoms with Crippen LogP contribution in [0.25, 0.3) is 0 Å². The van der Waals surface area contributed by atoms with Gasteiger partial charge in [-0.1, -0.05) is 79.3 Å². The smallest absolute Gasteiger partial charge is 0.0319 e. The van der Waals surface area contributed by atoms with E-state index in [1.807, 2.05) is 0 Å². The van der Waals surface area contributed by atoms with Crippen LogP contribution in [0.15, 0.2) is 11.9 Å². The summed E-state index contributed by atoms with van der Waals surface area (Å²) in [6, 6.07) is 0. The van der Waals surface area contributed by atoms with Gasteiger partial charge in [-0.15, -0.1) is 0 Å². The zero-order chi connectivity index (χ0) is 11.2. The minimum atomic E-state index is 1.07. The monoisotopic (exact) mass is 228 g/mol. The molecule has 0 rings (SSSR count). The third kappa shape index (κ3) is 14.2. The highest BCUT2D eigenvalue weighted by Gasteiger charge is 1.89. The first kappa shape index (κ1) is 15.2. The molecule has 0 aromatic carbocycles. The zero-order valence-corrected chi connectivity index (χ0v) is 11.7. The Kier molecular flexibility index (Phi) is 14.3. The SMILES string of the molecule is CCCC=CPCCCCCCCCC. The third-order valence-electron chi connectivity index (χ3n) is 2.62. The number of hydrogen-bond donors (Lipinski definition) is 0. The van der Waals surface area contributed by atoms with Crippen molar-refractivity contribution < 1.29 is 0 Å². The van der Waals surface area contributed by atoms with E-state index in [4.69, 9.17) is 0 Å². The van der Waals surface area contributed by atoms with Gasteiger partial charge in [-0.25, -0.2) is 0 Å². The molecule has 0 nitrogen and oxygen atoms in total. The molecule has 0 bridgehead atoms. The van der Waals surface area contributed by atoms with Gasteiger partial charge in [0.1, 0.15) is 0 Å². The second-order valence-electron chi connectivity index (χ2n) is 4.27. The highest BCUT2D eigenvalue weighted by molar-refractivity contribution is 7.41. The predicted molar refractivity (Wildman–Crippen MR) is 75.2 cm³/mol. The van der Waals surface area contributed by atoms with Gasteiger partial charge >= 0.3 is 0 Å². The van der Waals surface area contributed by atoms with Gasteiger partial charge < -0.3 is 0 Å². The van der Waals surface area contributed by atoms with E-state index in [1.165, 1.54) is 63.9 Å². The second-order valence-corrected chi connectivity index (χ2v) is 5.51. The minimum Gasteiger partial charge on any atom is -0.0987 e. The van der Waals surface area contributed by atoms with Gasteiger partial charge in [0.05, 0.1) is 0 Å². The first-order chi connectivity index (χ1) is 7.41. The zero-order valence-electron chi connectivity index (χ0n) is 10.7. The van der Waals surface area contributed by atoms with Crippen molar-refractivity contribution in [3.8, 4) is 0 Å². The lowest BCUT2D eigenvalue weighted by molar-refractivity contribution is 0.603. The fraction of sp³-hybridized carbons (Fsp3) is 0.857. The highest BCUT2D eigenvalue weighted by Crippen LogP contribution is 2.16. The van der Waals surface area contributed by atoms with Crippen LogP contribution in [-0.4, -0.2) is 6.16 Å². The maximum absolute atomic E-state index is 2.39. The molecule has 0 saturated heterocycles. The van der Waals surface area contributed by atoms with E-state index in [9.17, 15) is 0 Å². The van der Waals surface area contributed by atoms with Gasteiger partial charge in [-0.05, 0) is 19.0 Å². The molecule has 0 aliphatic carbocycles. The molecule has 1 atom stereocenters. The number of hydrogen-bond acceptors (Lipinski definition) is 0. The molecule has 0 aliphatic heterocycles. The summed E-state index contributed by atoms with van der Waals surface area (Å²) in [5.41, 5.74) is 0. The molecule has 0 heterocycles. The van der Waals surface area contributed by atoms with Crippen molar-refractivity contribution in [3.05, 3.63) is 11.9 Å². The Morgan fingerprint density at radius 1 is 0.800 bits per heavy atom. The van der Waals surface area contributed by atoms with Crippen LogP contribution in [0, 0.1) is 0 Å². The molecule has 1 unspecified atom stereocenters. The summed E-state index contributed by atoms with van der Waals surface area (Å²) in [5, 5.41) is 0. The summed E-state index contributed by atoms with van der Waals surface area (Å²) in [5.74, 6) is 2.39. The third-order valence-corrected chi connectivity index (χ3v) is 3.73. The minimum absolute atomic E-state index is 1.07. The van der Waals surface area contributed by atoms with Crippen LogP contribution in [0.2, 0.25) is 0 Å². The molecule has 0 N–H and O–H groups in total. The summed E-state index contributed by atoms with van der Waals surface area (Å²) in [6.07, 6.45) is 16.4. The average molecular weight is 228 g/mol. The summed E-state index contributed by atoms with van der Waals surface area (Å²) >= 11 is 0. The molecular weight excluding hydrogens is 199 g/mol. The van der Waals surface area contributed by atoms with E-state index in [-0.39, 0.29) is 0 Å². The van der Waals surface area contributed by atoms with Crippen molar-refractivity contribution in [1.82, 2.24) is 0 Å². The molecule has 0 aromatic rings. The van der Waals surface area contributed by atoms with Crippen molar-refractivity contribution in [2.45, 2.75) is 71.6 Å². The number of unbranched alkanes of at least 4 members (excludes halogenated alkanes) is 7. The van der Waals surface area contributed by atoms with E-state index in [0.717, 1.165) is 8.58 Å². The van der Waals surface area contributed by atoms with Crippen molar-refractivity contribution in [1.29, 1.82) is 0 Å². The van der Waals surface area contributed by atoms with Gasteiger partial charge in [0.15, 0.2) is 0 Å². The topological polar surface area (TPSA) is 0 Å². The van der Waals surface area contributed by atoms with Gasteiger partial charge in [0, 0.05) is 0 Å². The fourth-order valence-corrected chi connectivity index (χ4v) is 2.55. The standard InChI is InChI=1S/C14H29P/c1-3-5-7-8-9-10-12-14-15-13-11-6-4-2/h11,13,15H,3-10,12,14H2,1-2H3. The molecule has 1 heteroatoms. The van der Waals surface area contributed by atoms with Gasteiger partial charge in [0.25, 0.3) is 0 Å². The van der Waals surface area contributed by atoms with Crippen LogP contribution >= 0.6 is 8.58 Å². The van der Waals surface area contributed by atoms with Crippen LogP contribution in [0.1, 0.15) is 71.6 Å². The molecule has 90 valence electrons. The quantitative estimate of drug-likeness (QED) is 0.313. The van der Waals surface area contributed by atoms with Crippen LogP contribution in [0.5, 0.6) is 0 Å². The lowest BCUT2D eigenvalue weighted by Gasteiger charge is -1.99. The van der Waals surface area contributed by atoms with E-state index in [1.54, 1.807) is 0 Å². The molecule has 0 aromatic heterocycles. The molecular formula is C14H29P. The Morgan fingerprint density at radius 2 is 1.47 bits per heavy atom. The van der Waals surface area contributed by atoms with Crippen molar-refractivity contribution >= 4 is 8.58 Å². The van der Waals surface area contributed by atoms with Crippen LogP contribution in [-0.2, 0) is 0 Å². The normalized spacial score (nSPS) is 12.1. The Labute approximate surface area is 98.7 Å². The highest BCUT2D eigenvalue weighted by atomic mass is 31.1. The van der Waals surface area contributed by atoms with Crippen LogP contribution < -0.4 is 0 Å². The van der Waals surface area contributed by atoms with Crippen LogP contribution in [0.3, 0.4) is 0 Å². The molecule has 0 saturated carbocycles. The second kappa shape index (κ2) is 14.2. The maximum atomic E-state index is 2.39. The van der Waals surface area contributed by atoms with Crippen molar-refractivity contribution in [2.24, 2.45) is 0 Å². The molecule has 0 aliphatic rings. The van der Waals surface area contributed by atoms with Gasteiger partial charge in [0.2, 0.25) is 0 Å². The number of allylic oxidation sites excluding steroid dienone is 1. The summed E-state index contributed by atoms with van der Waals surface area (Å²) < 4.78 is 0. The Balaban J connectivity index is 2.92. The first-order valence-corrected chi connectivity index (χ1v) is 8.08. The predicted octanol–water partition coefficient (Wildman–Crippen LogP) is 5.73. The van der Waals surface area contributed by atoms with E-state index < -0.39 is 0 Å².